The highest BCUT2D eigenvalue weighted by Crippen LogP contribution is 2.31. The Morgan fingerprint density at radius 2 is 1.87 bits per heavy atom. The van der Waals surface area contributed by atoms with E-state index in [0.29, 0.717) is 15.9 Å². The Hall–Kier alpha value is -3.41. The van der Waals surface area contributed by atoms with Gasteiger partial charge in [0, 0.05) is 18.6 Å². The van der Waals surface area contributed by atoms with Gasteiger partial charge in [-0.05, 0) is 31.2 Å². The first-order valence-electron chi connectivity index (χ1n) is 8.60. The third-order valence-electron chi connectivity index (χ3n) is 4.38. The number of nitrogens with zero attached hydrogens (tertiary/aromatic N) is 5. The van der Waals surface area contributed by atoms with Crippen molar-refractivity contribution in [1.82, 2.24) is 24.5 Å². The Kier molecular flexibility index (Phi) is 4.53. The van der Waals surface area contributed by atoms with Gasteiger partial charge in [0.25, 0.3) is 10.0 Å². The molecule has 0 unspecified atom stereocenters. The first kappa shape index (κ1) is 19.9. The smallest absolute Gasteiger partial charge is 0.277 e. The number of hydrogen-bond acceptors (Lipinski definition) is 5. The van der Waals surface area contributed by atoms with Gasteiger partial charge in [-0.25, -0.2) is 18.1 Å². The van der Waals surface area contributed by atoms with Crippen LogP contribution in [0.1, 0.15) is 11.4 Å². The van der Waals surface area contributed by atoms with Crippen LogP contribution in [0.2, 0.25) is 0 Å². The first-order valence-corrected chi connectivity index (χ1v) is 10.1. The number of aryl methyl sites for hydroxylation is 2. The molecule has 156 valence electrons. The van der Waals surface area contributed by atoms with Crippen LogP contribution in [0.3, 0.4) is 0 Å². The van der Waals surface area contributed by atoms with Crippen molar-refractivity contribution in [1.29, 1.82) is 0 Å². The topological polar surface area (TPSA) is 94.7 Å². The summed E-state index contributed by atoms with van der Waals surface area (Å²) >= 11 is 0. The van der Waals surface area contributed by atoms with Crippen LogP contribution in [0.4, 0.5) is 18.9 Å². The van der Waals surface area contributed by atoms with E-state index in [9.17, 15) is 21.6 Å². The quantitative estimate of drug-likeness (QED) is 0.530. The number of aromatic nitrogens is 5. The highest BCUT2D eigenvalue weighted by Gasteiger charge is 2.36. The van der Waals surface area contributed by atoms with E-state index >= 15 is 0 Å². The first-order chi connectivity index (χ1) is 14.1. The van der Waals surface area contributed by atoms with Gasteiger partial charge in [0.1, 0.15) is 10.6 Å². The molecule has 3 aromatic heterocycles. The molecule has 12 heteroatoms. The molecule has 0 amide bonds. The molecule has 1 N–H and O–H groups in total. The molecule has 8 nitrogen and oxygen atoms in total. The molecule has 0 atom stereocenters. The Bertz CT molecular complexity index is 1340. The van der Waals surface area contributed by atoms with E-state index in [4.69, 9.17) is 0 Å². The Morgan fingerprint density at radius 1 is 1.10 bits per heavy atom. The van der Waals surface area contributed by atoms with Crippen LogP contribution in [0.25, 0.3) is 16.7 Å². The van der Waals surface area contributed by atoms with Gasteiger partial charge in [-0.3, -0.25) is 9.40 Å². The van der Waals surface area contributed by atoms with Gasteiger partial charge in [-0.15, -0.1) is 0 Å². The van der Waals surface area contributed by atoms with Crippen molar-refractivity contribution in [2.45, 2.75) is 18.0 Å². The number of hydrogen-bond donors (Lipinski definition) is 1. The molecule has 1 aromatic carbocycles. The summed E-state index contributed by atoms with van der Waals surface area (Å²) in [4.78, 5) is 3.67. The van der Waals surface area contributed by atoms with Gasteiger partial charge < -0.3 is 0 Å². The summed E-state index contributed by atoms with van der Waals surface area (Å²) in [5.74, 6) is -0.150. The minimum atomic E-state index is -4.63. The number of pyridine rings is 1. The lowest BCUT2D eigenvalue weighted by atomic mass is 10.2. The number of anilines is 1. The van der Waals surface area contributed by atoms with Gasteiger partial charge in [-0.1, -0.05) is 12.1 Å². The number of para-hydroxylation sites is 1. The van der Waals surface area contributed by atoms with Crippen molar-refractivity contribution in [2.24, 2.45) is 7.05 Å². The minimum absolute atomic E-state index is 0.150. The number of nitrogens with one attached hydrogen (secondary N) is 1. The van der Waals surface area contributed by atoms with Crippen LogP contribution >= 0.6 is 0 Å². The predicted molar refractivity (Wildman–Crippen MR) is 103 cm³/mol. The van der Waals surface area contributed by atoms with Gasteiger partial charge >= 0.3 is 6.18 Å². The molecule has 0 saturated carbocycles. The number of sulfonamides is 1. The van der Waals surface area contributed by atoms with Crippen molar-refractivity contribution in [3.63, 3.8) is 0 Å². The number of rotatable bonds is 4. The second kappa shape index (κ2) is 6.83. The van der Waals surface area contributed by atoms with Crippen molar-refractivity contribution in [2.75, 3.05) is 4.72 Å². The summed E-state index contributed by atoms with van der Waals surface area (Å²) in [6, 6.07) is 8.29. The predicted octanol–water partition coefficient (Wildman–Crippen LogP) is 3.28. The molecular weight excluding hydrogens is 421 g/mol. The Morgan fingerprint density at radius 3 is 2.53 bits per heavy atom. The lowest BCUT2D eigenvalue weighted by Crippen LogP contribution is -2.16. The number of benzene rings is 1. The maximum atomic E-state index is 13.2. The lowest BCUT2D eigenvalue weighted by Gasteiger charge is -2.12. The van der Waals surface area contributed by atoms with Crippen LogP contribution in [0.15, 0.2) is 53.7 Å². The molecule has 30 heavy (non-hydrogen) atoms. The largest absolute Gasteiger partial charge is 0.433 e. The summed E-state index contributed by atoms with van der Waals surface area (Å²) in [6.07, 6.45) is -2.04. The zero-order valence-corrected chi connectivity index (χ0v) is 16.5. The van der Waals surface area contributed by atoms with Gasteiger partial charge in [0.15, 0.2) is 5.82 Å². The Labute approximate surface area is 169 Å². The fourth-order valence-corrected chi connectivity index (χ4v) is 4.06. The number of fused-ring (bicyclic) bond motifs is 1. The van der Waals surface area contributed by atoms with E-state index in [0.717, 1.165) is 17.6 Å². The highest BCUT2D eigenvalue weighted by molar-refractivity contribution is 7.92. The zero-order valence-electron chi connectivity index (χ0n) is 15.7. The van der Waals surface area contributed by atoms with Crippen LogP contribution in [0.5, 0.6) is 0 Å². The third kappa shape index (κ3) is 3.49. The average molecular weight is 436 g/mol. The van der Waals surface area contributed by atoms with Crippen molar-refractivity contribution in [3.05, 3.63) is 60.2 Å². The third-order valence-corrected chi connectivity index (χ3v) is 5.73. The van der Waals surface area contributed by atoms with Crippen LogP contribution < -0.4 is 4.72 Å². The maximum Gasteiger partial charge on any atom is 0.433 e. The summed E-state index contributed by atoms with van der Waals surface area (Å²) < 4.78 is 69.8. The van der Waals surface area contributed by atoms with Gasteiger partial charge in [0.2, 0.25) is 0 Å². The molecule has 0 bridgehead atoms. The van der Waals surface area contributed by atoms with E-state index in [-0.39, 0.29) is 16.4 Å². The Balaban J connectivity index is 1.68. The second-order valence-corrected chi connectivity index (χ2v) is 8.23. The van der Waals surface area contributed by atoms with Crippen molar-refractivity contribution >= 4 is 26.6 Å². The van der Waals surface area contributed by atoms with Gasteiger partial charge in [0.05, 0.1) is 23.1 Å². The normalized spacial score (nSPS) is 12.4. The van der Waals surface area contributed by atoms with E-state index in [2.05, 4.69) is 19.9 Å². The van der Waals surface area contributed by atoms with E-state index in [1.54, 1.807) is 31.4 Å². The number of alkyl halides is 3. The molecule has 0 aliphatic heterocycles. The standard InChI is InChI=1S/C18H15F3N6O2S/c1-11-8-15(18(19,20)21)27(24-11)16-7-6-13(10-22-16)30(28,29)25-14-5-3-4-12-9-23-26(2)17(12)14/h3-10,25H,1-2H3. The summed E-state index contributed by atoms with van der Waals surface area (Å²) in [6.45, 7) is 1.42. The number of halogens is 3. The van der Waals surface area contributed by atoms with Crippen molar-refractivity contribution < 1.29 is 21.6 Å². The molecule has 0 aliphatic carbocycles. The van der Waals surface area contributed by atoms with Crippen LogP contribution in [0, 0.1) is 6.92 Å². The average Bonchev–Trinajstić information content (AvgIpc) is 3.25. The molecule has 0 radical (unpaired) electrons. The molecule has 0 fully saturated rings. The van der Waals surface area contributed by atoms with E-state index < -0.39 is 21.9 Å². The molecule has 3 heterocycles. The fourth-order valence-electron chi connectivity index (χ4n) is 3.05. The van der Waals surface area contributed by atoms with Gasteiger partial charge in [-0.2, -0.15) is 23.4 Å². The molecule has 0 aliphatic rings. The molecule has 4 aromatic rings. The summed E-state index contributed by atoms with van der Waals surface area (Å²) in [5.41, 5.74) is 0.0713. The minimum Gasteiger partial charge on any atom is -0.277 e. The molecule has 4 rings (SSSR count). The van der Waals surface area contributed by atoms with E-state index in [1.807, 2.05) is 0 Å². The molecule has 0 spiro atoms. The monoisotopic (exact) mass is 436 g/mol. The molecule has 0 saturated heterocycles. The van der Waals surface area contributed by atoms with Crippen LogP contribution in [-0.4, -0.2) is 33.0 Å². The second-order valence-electron chi connectivity index (χ2n) is 6.55. The SMILES string of the molecule is Cc1cc(C(F)(F)F)n(-c2ccc(S(=O)(=O)Nc3cccc4cnn(C)c34)cn2)n1. The fraction of sp³-hybridized carbons (Fsp3) is 0.167. The molecular formula is C18H15F3N6O2S. The summed E-state index contributed by atoms with van der Waals surface area (Å²) in [7, 11) is -2.36. The lowest BCUT2D eigenvalue weighted by molar-refractivity contribution is -0.142. The van der Waals surface area contributed by atoms with Crippen molar-refractivity contribution in [3.8, 4) is 5.82 Å². The summed E-state index contributed by atoms with van der Waals surface area (Å²) in [5, 5.41) is 8.66. The van der Waals surface area contributed by atoms with Crippen LogP contribution in [-0.2, 0) is 23.2 Å². The van der Waals surface area contributed by atoms with E-state index in [1.165, 1.54) is 23.7 Å². The highest BCUT2D eigenvalue weighted by atomic mass is 32.2. The zero-order chi connectivity index (χ0) is 21.7. The maximum absolute atomic E-state index is 13.2.